The molecule has 0 N–H and O–H groups in total. The first-order valence-electron chi connectivity index (χ1n) is 6.78. The van der Waals surface area contributed by atoms with E-state index >= 15 is 0 Å². The quantitative estimate of drug-likeness (QED) is 0.762. The smallest absolute Gasteiger partial charge is 0.227 e. The molecular formula is C16H17NO2. The third kappa shape index (κ3) is 2.09. The zero-order valence-corrected chi connectivity index (χ0v) is 10.9. The fraction of sp³-hybridized carbons (Fsp3) is 0.375. The molecule has 98 valence electrons. The number of carbonyl (C=O) groups is 2. The Balaban J connectivity index is 1.92. The molecule has 1 unspecified atom stereocenters. The number of hydrogen-bond donors (Lipinski definition) is 0. The molecule has 1 aliphatic carbocycles. The molecule has 1 heterocycles. The normalized spacial score (nSPS) is 22.5. The average molecular weight is 255 g/mol. The Bertz CT molecular complexity index is 562. The SMILES string of the molecule is C=CC1CC(=O)N(c2ccc3c(c2)CCCC3=O)C1. The molecule has 1 amide bonds. The Morgan fingerprint density at radius 1 is 1.26 bits per heavy atom. The van der Waals surface area contributed by atoms with Gasteiger partial charge in [0.25, 0.3) is 0 Å². The van der Waals surface area contributed by atoms with Gasteiger partial charge in [-0.3, -0.25) is 9.59 Å². The molecule has 1 saturated heterocycles. The van der Waals surface area contributed by atoms with Crippen LogP contribution in [-0.4, -0.2) is 18.2 Å². The van der Waals surface area contributed by atoms with E-state index in [1.165, 1.54) is 0 Å². The molecule has 2 aliphatic rings. The Morgan fingerprint density at radius 3 is 2.84 bits per heavy atom. The zero-order chi connectivity index (χ0) is 13.4. The van der Waals surface area contributed by atoms with Gasteiger partial charge in [0.2, 0.25) is 5.91 Å². The lowest BCUT2D eigenvalue weighted by Gasteiger charge is -2.20. The van der Waals surface area contributed by atoms with Gasteiger partial charge in [0.05, 0.1) is 0 Å². The Hall–Kier alpha value is -1.90. The van der Waals surface area contributed by atoms with Crippen molar-refractivity contribution in [1.82, 2.24) is 0 Å². The predicted molar refractivity (Wildman–Crippen MR) is 74.4 cm³/mol. The Labute approximate surface area is 112 Å². The van der Waals surface area contributed by atoms with Gasteiger partial charge >= 0.3 is 0 Å². The Kier molecular flexibility index (Phi) is 2.97. The lowest BCUT2D eigenvalue weighted by atomic mass is 9.90. The summed E-state index contributed by atoms with van der Waals surface area (Å²) in [4.78, 5) is 25.6. The first-order valence-corrected chi connectivity index (χ1v) is 6.78. The number of nitrogens with zero attached hydrogens (tertiary/aromatic N) is 1. The standard InChI is InChI=1S/C16H17NO2/c1-2-11-8-16(19)17(10-11)13-6-7-14-12(9-13)4-3-5-15(14)18/h2,6-7,9,11H,1,3-5,8,10H2. The van der Waals surface area contributed by atoms with Gasteiger partial charge in [0.15, 0.2) is 5.78 Å². The summed E-state index contributed by atoms with van der Waals surface area (Å²) in [5.74, 6) is 0.613. The van der Waals surface area contributed by atoms with Gasteiger partial charge in [-0.1, -0.05) is 6.08 Å². The number of hydrogen-bond acceptors (Lipinski definition) is 2. The summed E-state index contributed by atoms with van der Waals surface area (Å²) in [5.41, 5.74) is 2.84. The average Bonchev–Trinajstić information content (AvgIpc) is 2.80. The largest absolute Gasteiger partial charge is 0.312 e. The number of aryl methyl sites for hydroxylation is 1. The van der Waals surface area contributed by atoms with E-state index in [-0.39, 0.29) is 17.6 Å². The highest BCUT2D eigenvalue weighted by Gasteiger charge is 2.29. The minimum absolute atomic E-state index is 0.145. The number of amides is 1. The molecule has 1 atom stereocenters. The number of Topliss-reactive ketones (excluding diaryl/α,β-unsaturated/α-hetero) is 1. The summed E-state index contributed by atoms with van der Waals surface area (Å²) >= 11 is 0. The van der Waals surface area contributed by atoms with Crippen LogP contribution in [0.3, 0.4) is 0 Å². The maximum atomic E-state index is 12.0. The van der Waals surface area contributed by atoms with E-state index in [0.717, 1.165) is 29.7 Å². The minimum Gasteiger partial charge on any atom is -0.312 e. The molecule has 19 heavy (non-hydrogen) atoms. The van der Waals surface area contributed by atoms with Crippen molar-refractivity contribution in [3.05, 3.63) is 42.0 Å². The fourth-order valence-corrected chi connectivity index (χ4v) is 2.94. The number of fused-ring (bicyclic) bond motifs is 1. The van der Waals surface area contributed by atoms with Crippen molar-refractivity contribution in [3.8, 4) is 0 Å². The molecule has 1 aromatic carbocycles. The predicted octanol–water partition coefficient (Wildman–Crippen LogP) is 2.74. The van der Waals surface area contributed by atoms with E-state index in [9.17, 15) is 9.59 Å². The third-order valence-corrected chi connectivity index (χ3v) is 4.04. The fourth-order valence-electron chi connectivity index (χ4n) is 2.94. The second-order valence-electron chi connectivity index (χ2n) is 5.32. The van der Waals surface area contributed by atoms with Crippen LogP contribution in [0.4, 0.5) is 5.69 Å². The van der Waals surface area contributed by atoms with Crippen LogP contribution in [0.2, 0.25) is 0 Å². The van der Waals surface area contributed by atoms with E-state index < -0.39 is 0 Å². The van der Waals surface area contributed by atoms with Gasteiger partial charge in [-0.15, -0.1) is 6.58 Å². The van der Waals surface area contributed by atoms with Gasteiger partial charge in [0.1, 0.15) is 0 Å². The van der Waals surface area contributed by atoms with Crippen LogP contribution in [0.5, 0.6) is 0 Å². The molecule has 3 nitrogen and oxygen atoms in total. The number of ketones is 1. The van der Waals surface area contributed by atoms with Crippen LogP contribution in [0.1, 0.15) is 35.2 Å². The summed E-state index contributed by atoms with van der Waals surface area (Å²) in [6, 6.07) is 5.78. The molecule has 0 radical (unpaired) electrons. The van der Waals surface area contributed by atoms with Crippen molar-refractivity contribution in [2.24, 2.45) is 5.92 Å². The highest BCUT2D eigenvalue weighted by Crippen LogP contribution is 2.30. The van der Waals surface area contributed by atoms with Crippen LogP contribution in [0.25, 0.3) is 0 Å². The van der Waals surface area contributed by atoms with Crippen LogP contribution in [0.15, 0.2) is 30.9 Å². The first-order chi connectivity index (χ1) is 9.19. The number of benzene rings is 1. The number of anilines is 1. The molecule has 0 aromatic heterocycles. The van der Waals surface area contributed by atoms with E-state index in [1.807, 2.05) is 29.2 Å². The summed E-state index contributed by atoms with van der Waals surface area (Å²) < 4.78 is 0. The van der Waals surface area contributed by atoms with Gasteiger partial charge in [-0.25, -0.2) is 0 Å². The van der Waals surface area contributed by atoms with Gasteiger partial charge in [0, 0.05) is 36.6 Å². The molecule has 3 heteroatoms. The molecule has 1 aliphatic heterocycles. The molecule has 0 bridgehead atoms. The summed E-state index contributed by atoms with van der Waals surface area (Å²) in [7, 11) is 0. The summed E-state index contributed by atoms with van der Waals surface area (Å²) in [6.07, 6.45) is 4.88. The molecule has 1 aromatic rings. The van der Waals surface area contributed by atoms with Crippen LogP contribution in [-0.2, 0) is 11.2 Å². The van der Waals surface area contributed by atoms with E-state index in [2.05, 4.69) is 6.58 Å². The molecule has 3 rings (SSSR count). The highest BCUT2D eigenvalue weighted by atomic mass is 16.2. The summed E-state index contributed by atoms with van der Waals surface area (Å²) in [6.45, 7) is 4.47. The van der Waals surface area contributed by atoms with Crippen LogP contribution >= 0.6 is 0 Å². The van der Waals surface area contributed by atoms with E-state index in [4.69, 9.17) is 0 Å². The van der Waals surface area contributed by atoms with Gasteiger partial charge in [-0.2, -0.15) is 0 Å². The molecule has 1 fully saturated rings. The number of rotatable bonds is 2. The Morgan fingerprint density at radius 2 is 2.11 bits per heavy atom. The second kappa shape index (κ2) is 4.65. The highest BCUT2D eigenvalue weighted by molar-refractivity contribution is 6.00. The van der Waals surface area contributed by atoms with E-state index in [1.54, 1.807) is 0 Å². The lowest BCUT2D eigenvalue weighted by molar-refractivity contribution is -0.117. The van der Waals surface area contributed by atoms with E-state index in [0.29, 0.717) is 19.4 Å². The van der Waals surface area contributed by atoms with Crippen molar-refractivity contribution in [2.75, 3.05) is 11.4 Å². The van der Waals surface area contributed by atoms with Crippen molar-refractivity contribution < 1.29 is 9.59 Å². The maximum Gasteiger partial charge on any atom is 0.227 e. The van der Waals surface area contributed by atoms with Crippen molar-refractivity contribution in [3.63, 3.8) is 0 Å². The summed E-state index contributed by atoms with van der Waals surface area (Å²) in [5, 5.41) is 0. The number of carbonyl (C=O) groups excluding carboxylic acids is 2. The second-order valence-corrected chi connectivity index (χ2v) is 5.32. The maximum absolute atomic E-state index is 12.0. The minimum atomic E-state index is 0.145. The van der Waals surface area contributed by atoms with Gasteiger partial charge < -0.3 is 4.90 Å². The van der Waals surface area contributed by atoms with Crippen molar-refractivity contribution in [1.29, 1.82) is 0 Å². The lowest BCUT2D eigenvalue weighted by Crippen LogP contribution is -2.25. The van der Waals surface area contributed by atoms with Crippen LogP contribution < -0.4 is 4.90 Å². The van der Waals surface area contributed by atoms with Crippen molar-refractivity contribution >= 4 is 17.4 Å². The molecule has 0 saturated carbocycles. The molecular weight excluding hydrogens is 238 g/mol. The van der Waals surface area contributed by atoms with Gasteiger partial charge in [-0.05, 0) is 36.6 Å². The van der Waals surface area contributed by atoms with Crippen molar-refractivity contribution in [2.45, 2.75) is 25.7 Å². The molecule has 0 spiro atoms. The first kappa shape index (κ1) is 12.2. The topological polar surface area (TPSA) is 37.4 Å². The van der Waals surface area contributed by atoms with Crippen LogP contribution in [0, 0.1) is 5.92 Å². The monoisotopic (exact) mass is 255 g/mol. The third-order valence-electron chi connectivity index (χ3n) is 4.04. The zero-order valence-electron chi connectivity index (χ0n) is 10.9.